The minimum absolute atomic E-state index is 0.141. The molecule has 0 unspecified atom stereocenters. The van der Waals surface area contributed by atoms with Gasteiger partial charge < -0.3 is 15.2 Å². The van der Waals surface area contributed by atoms with Crippen LogP contribution >= 0.6 is 12.2 Å². The van der Waals surface area contributed by atoms with E-state index in [-0.39, 0.29) is 5.17 Å². The van der Waals surface area contributed by atoms with Gasteiger partial charge in [0.2, 0.25) is 0 Å². The molecule has 76 valence electrons. The van der Waals surface area contributed by atoms with Crippen molar-refractivity contribution in [3.05, 3.63) is 0 Å². The van der Waals surface area contributed by atoms with Gasteiger partial charge >= 0.3 is 0 Å². The molecule has 0 aromatic rings. The van der Waals surface area contributed by atoms with Crippen molar-refractivity contribution in [2.75, 3.05) is 39.5 Å². The fourth-order valence-electron chi connectivity index (χ4n) is 1.29. The third-order valence-electron chi connectivity index (χ3n) is 1.97. The van der Waals surface area contributed by atoms with Gasteiger partial charge in [-0.25, -0.2) is 0 Å². The summed E-state index contributed by atoms with van der Waals surface area (Å²) in [5.74, 6) is 0. The lowest BCUT2D eigenvalue weighted by Crippen LogP contribution is -2.37. The maximum absolute atomic E-state index is 5.23. The molecule has 1 rings (SSSR count). The molecular weight excluding hydrogens is 188 g/mol. The molecule has 0 aromatic carbocycles. The van der Waals surface area contributed by atoms with Crippen molar-refractivity contribution < 1.29 is 9.47 Å². The molecule has 13 heavy (non-hydrogen) atoms. The van der Waals surface area contributed by atoms with Crippen molar-refractivity contribution in [3.63, 3.8) is 0 Å². The Kier molecular flexibility index (Phi) is 5.03. The molecule has 0 radical (unpaired) electrons. The first kappa shape index (κ1) is 10.7. The maximum Gasteiger partial charge on any atom is 0.253 e. The Bertz CT molecular complexity index is 160. The lowest BCUT2D eigenvalue weighted by atomic mass is 10.3. The molecule has 1 heterocycles. The smallest absolute Gasteiger partial charge is 0.253 e. The zero-order chi connectivity index (χ0) is 9.52. The van der Waals surface area contributed by atoms with Gasteiger partial charge in [-0.05, 0) is 18.6 Å². The molecule has 0 saturated carbocycles. The molecule has 4 nitrogen and oxygen atoms in total. The molecule has 0 amide bonds. The van der Waals surface area contributed by atoms with Crippen LogP contribution in [0.1, 0.15) is 6.42 Å². The average molecular weight is 204 g/mol. The first-order valence-corrected chi connectivity index (χ1v) is 4.92. The number of morpholine rings is 1. The summed E-state index contributed by atoms with van der Waals surface area (Å²) in [5.41, 5.74) is 5.19. The molecule has 5 heteroatoms. The van der Waals surface area contributed by atoms with E-state index in [1.165, 1.54) is 0 Å². The van der Waals surface area contributed by atoms with E-state index in [0.29, 0.717) is 6.61 Å². The van der Waals surface area contributed by atoms with Gasteiger partial charge in [0, 0.05) is 19.6 Å². The quantitative estimate of drug-likeness (QED) is 0.515. The van der Waals surface area contributed by atoms with E-state index in [9.17, 15) is 0 Å². The van der Waals surface area contributed by atoms with Crippen LogP contribution < -0.4 is 5.73 Å². The van der Waals surface area contributed by atoms with Crippen LogP contribution in [0, 0.1) is 0 Å². The topological polar surface area (TPSA) is 47.7 Å². The Balaban J connectivity index is 1.95. The molecule has 2 N–H and O–H groups in total. The Morgan fingerprint density at radius 3 is 2.77 bits per heavy atom. The summed E-state index contributed by atoms with van der Waals surface area (Å²) in [6.45, 7) is 5.38. The Morgan fingerprint density at radius 2 is 2.15 bits per heavy atom. The zero-order valence-corrected chi connectivity index (χ0v) is 8.52. The summed E-state index contributed by atoms with van der Waals surface area (Å²) < 4.78 is 10.2. The van der Waals surface area contributed by atoms with Crippen LogP contribution in [0.2, 0.25) is 0 Å². The van der Waals surface area contributed by atoms with Crippen LogP contribution in [0.5, 0.6) is 0 Å². The number of nitrogens with two attached hydrogens (primary N) is 1. The Morgan fingerprint density at radius 1 is 1.46 bits per heavy atom. The van der Waals surface area contributed by atoms with E-state index < -0.39 is 0 Å². The number of hydrogen-bond donors (Lipinski definition) is 1. The Hall–Kier alpha value is -0.390. The van der Waals surface area contributed by atoms with E-state index in [4.69, 9.17) is 15.2 Å². The normalized spacial score (nSPS) is 18.5. The van der Waals surface area contributed by atoms with Crippen molar-refractivity contribution in [1.29, 1.82) is 0 Å². The third-order valence-corrected chi connectivity index (χ3v) is 2.08. The molecular formula is C8H16N2O2S. The largest absolute Gasteiger partial charge is 0.471 e. The summed E-state index contributed by atoms with van der Waals surface area (Å²) in [6, 6.07) is 0. The van der Waals surface area contributed by atoms with E-state index >= 15 is 0 Å². The van der Waals surface area contributed by atoms with Gasteiger partial charge in [0.1, 0.15) is 0 Å². The molecule has 0 aromatic heterocycles. The second-order valence-electron chi connectivity index (χ2n) is 2.98. The number of ether oxygens (including phenoxy) is 2. The van der Waals surface area contributed by atoms with Crippen LogP contribution in [-0.2, 0) is 9.47 Å². The van der Waals surface area contributed by atoms with E-state index in [2.05, 4.69) is 17.1 Å². The van der Waals surface area contributed by atoms with Crippen molar-refractivity contribution >= 4 is 17.4 Å². The van der Waals surface area contributed by atoms with Gasteiger partial charge in [-0.1, -0.05) is 0 Å². The summed E-state index contributed by atoms with van der Waals surface area (Å²) in [7, 11) is 0. The Labute approximate surface area is 84.0 Å². The standard InChI is InChI=1S/C8H16N2O2S/c9-8(13)12-5-1-2-10-3-6-11-7-4-10/h1-7H2,(H2,9,13). The van der Waals surface area contributed by atoms with Crippen LogP contribution in [0.25, 0.3) is 0 Å². The van der Waals surface area contributed by atoms with Crippen molar-refractivity contribution in [2.45, 2.75) is 6.42 Å². The summed E-state index contributed by atoms with van der Waals surface area (Å²) in [4.78, 5) is 2.35. The highest BCUT2D eigenvalue weighted by Crippen LogP contribution is 1.97. The van der Waals surface area contributed by atoms with Gasteiger partial charge in [0.25, 0.3) is 5.17 Å². The highest BCUT2D eigenvalue weighted by atomic mass is 32.1. The first-order chi connectivity index (χ1) is 6.29. The average Bonchev–Trinajstić information content (AvgIpc) is 2.14. The molecule has 0 bridgehead atoms. The minimum Gasteiger partial charge on any atom is -0.471 e. The van der Waals surface area contributed by atoms with Crippen LogP contribution in [0.4, 0.5) is 0 Å². The maximum atomic E-state index is 5.23. The fraction of sp³-hybridized carbons (Fsp3) is 0.875. The first-order valence-electron chi connectivity index (χ1n) is 4.51. The van der Waals surface area contributed by atoms with Crippen LogP contribution in [0.15, 0.2) is 0 Å². The minimum atomic E-state index is 0.141. The molecule has 0 spiro atoms. The van der Waals surface area contributed by atoms with E-state index in [0.717, 1.165) is 39.3 Å². The van der Waals surface area contributed by atoms with Crippen molar-refractivity contribution in [3.8, 4) is 0 Å². The highest BCUT2D eigenvalue weighted by molar-refractivity contribution is 7.80. The lowest BCUT2D eigenvalue weighted by Gasteiger charge is -2.26. The van der Waals surface area contributed by atoms with Gasteiger partial charge in [-0.15, -0.1) is 0 Å². The van der Waals surface area contributed by atoms with E-state index in [1.807, 2.05) is 0 Å². The summed E-state index contributed by atoms with van der Waals surface area (Å²) in [5, 5.41) is 0.141. The number of rotatable bonds is 4. The van der Waals surface area contributed by atoms with Crippen molar-refractivity contribution in [1.82, 2.24) is 4.90 Å². The predicted octanol–water partition coefficient (Wildman–Crippen LogP) is -0.0311. The molecule has 1 aliphatic rings. The number of nitrogens with zero attached hydrogens (tertiary/aromatic N) is 1. The van der Waals surface area contributed by atoms with Crippen LogP contribution in [0.3, 0.4) is 0 Å². The molecule has 0 atom stereocenters. The lowest BCUT2D eigenvalue weighted by molar-refractivity contribution is 0.0356. The van der Waals surface area contributed by atoms with Crippen LogP contribution in [-0.4, -0.2) is 49.5 Å². The highest BCUT2D eigenvalue weighted by Gasteiger charge is 2.08. The predicted molar refractivity (Wildman–Crippen MR) is 54.6 cm³/mol. The fourth-order valence-corrected chi connectivity index (χ4v) is 1.37. The SMILES string of the molecule is NC(=S)OCCCN1CCOCC1. The number of thiocarbonyl (C=S) groups is 1. The molecule has 1 fully saturated rings. The molecule has 1 aliphatic heterocycles. The van der Waals surface area contributed by atoms with Gasteiger partial charge in [-0.3, -0.25) is 4.90 Å². The van der Waals surface area contributed by atoms with Gasteiger partial charge in [-0.2, -0.15) is 0 Å². The van der Waals surface area contributed by atoms with Gasteiger partial charge in [0.15, 0.2) is 0 Å². The summed E-state index contributed by atoms with van der Waals surface area (Å²) >= 11 is 4.59. The monoisotopic (exact) mass is 204 g/mol. The van der Waals surface area contributed by atoms with E-state index in [1.54, 1.807) is 0 Å². The van der Waals surface area contributed by atoms with Crippen molar-refractivity contribution in [2.24, 2.45) is 5.73 Å². The number of hydrogen-bond acceptors (Lipinski definition) is 4. The second kappa shape index (κ2) is 6.12. The third kappa shape index (κ3) is 5.02. The van der Waals surface area contributed by atoms with Gasteiger partial charge in [0.05, 0.1) is 19.8 Å². The molecule has 1 saturated heterocycles. The second-order valence-corrected chi connectivity index (χ2v) is 3.38. The molecule has 0 aliphatic carbocycles. The zero-order valence-electron chi connectivity index (χ0n) is 7.70. The summed E-state index contributed by atoms with van der Waals surface area (Å²) in [6.07, 6.45) is 0.970.